The predicted octanol–water partition coefficient (Wildman–Crippen LogP) is 6.60. The molecule has 2 saturated heterocycles. The first-order valence-corrected chi connectivity index (χ1v) is 18.4. The molecule has 1 aliphatic carbocycles. The Kier molecular flexibility index (Phi) is 11.5. The summed E-state index contributed by atoms with van der Waals surface area (Å²) >= 11 is 7.07. The van der Waals surface area contributed by atoms with E-state index in [9.17, 15) is 18.0 Å². The minimum Gasteiger partial charge on any atom is -0.481 e. The van der Waals surface area contributed by atoms with Gasteiger partial charge in [-0.25, -0.2) is 4.98 Å². The van der Waals surface area contributed by atoms with Gasteiger partial charge in [-0.3, -0.25) is 9.78 Å². The first-order valence-electron chi connectivity index (χ1n) is 18.1. The van der Waals surface area contributed by atoms with Gasteiger partial charge in [0.1, 0.15) is 11.7 Å². The van der Waals surface area contributed by atoms with E-state index < -0.39 is 23.7 Å². The van der Waals surface area contributed by atoms with Gasteiger partial charge in [0.15, 0.2) is 0 Å². The number of pyridine rings is 3. The molecular formula is C39H42ClF3N6O5. The molecule has 2 atom stereocenters. The number of alkyl halides is 3. The third-order valence-electron chi connectivity index (χ3n) is 10.1. The van der Waals surface area contributed by atoms with Gasteiger partial charge in [0.2, 0.25) is 23.5 Å². The van der Waals surface area contributed by atoms with Crippen molar-refractivity contribution in [3.8, 4) is 40.2 Å². The number of hydrogen-bond acceptors (Lipinski definition) is 10. The number of benzene rings is 1. The van der Waals surface area contributed by atoms with E-state index in [-0.39, 0.29) is 29.9 Å². The van der Waals surface area contributed by atoms with Crippen molar-refractivity contribution < 1.29 is 36.9 Å². The highest BCUT2D eigenvalue weighted by Gasteiger charge is 2.39. The Morgan fingerprint density at radius 2 is 1.72 bits per heavy atom. The molecule has 3 aliphatic rings. The molecule has 3 N–H and O–H groups in total. The van der Waals surface area contributed by atoms with Crippen molar-refractivity contribution in [2.24, 2.45) is 0 Å². The number of nitrogens with zero attached hydrogens (tertiary/aromatic N) is 3. The minimum atomic E-state index is -4.74. The Labute approximate surface area is 316 Å². The maximum absolute atomic E-state index is 14.5. The van der Waals surface area contributed by atoms with Crippen LogP contribution in [-0.2, 0) is 35.2 Å². The van der Waals surface area contributed by atoms with Gasteiger partial charge < -0.3 is 34.9 Å². The number of carbonyl (C=O) groups is 1. The van der Waals surface area contributed by atoms with Crippen LogP contribution >= 0.6 is 11.6 Å². The molecule has 0 radical (unpaired) electrons. The second-order valence-electron chi connectivity index (χ2n) is 13.6. The predicted molar refractivity (Wildman–Crippen MR) is 195 cm³/mol. The number of nitrogens with one attached hydrogen (secondary N) is 3. The fourth-order valence-electron chi connectivity index (χ4n) is 7.34. The molecule has 3 aromatic heterocycles. The van der Waals surface area contributed by atoms with Crippen molar-refractivity contribution in [2.45, 2.75) is 76.0 Å². The number of ether oxygens (including phenoxy) is 4. The number of amides is 1. The molecule has 4 aromatic rings. The second-order valence-corrected chi connectivity index (χ2v) is 14.0. The standard InChI is InChI=1S/C39H42ClF3N6O5/c1-51-36-22(20-46-24-13-16-53-17-14-24)6-9-31(48-36)29-12-15-45-35(34(29)40)28-5-3-4-27-26(28)8-10-32(27)54-38-30(39(41,42)43)18-23(37(49-38)52-2)19-44-21-25-7-11-33(50)47-25/h3-6,9,12,15,18,24-25,32,44,46H,7-8,10-11,13-14,16-17,19-21H2,1-2H3,(H,47,50)/t25-,32+/m0/s1. The molecule has 54 heavy (non-hydrogen) atoms. The fraction of sp³-hybridized carbons (Fsp3) is 0.436. The van der Waals surface area contributed by atoms with Crippen LogP contribution in [0.25, 0.3) is 22.5 Å². The molecule has 0 unspecified atom stereocenters. The molecule has 0 bridgehead atoms. The maximum atomic E-state index is 14.5. The van der Waals surface area contributed by atoms with Crippen LogP contribution in [0.5, 0.6) is 17.6 Å². The lowest BCUT2D eigenvalue weighted by atomic mass is 9.98. The number of aromatic nitrogens is 3. The third kappa shape index (κ3) is 8.26. The van der Waals surface area contributed by atoms with E-state index in [0.717, 1.165) is 54.4 Å². The van der Waals surface area contributed by atoms with Crippen LogP contribution in [0.3, 0.4) is 0 Å². The Balaban J connectivity index is 1.12. The molecule has 2 fully saturated rings. The quantitative estimate of drug-likeness (QED) is 0.137. The highest BCUT2D eigenvalue weighted by atomic mass is 35.5. The fourth-order valence-corrected chi connectivity index (χ4v) is 7.65. The number of rotatable bonds is 13. The van der Waals surface area contributed by atoms with Crippen molar-refractivity contribution in [3.63, 3.8) is 0 Å². The van der Waals surface area contributed by atoms with E-state index in [2.05, 4.69) is 25.9 Å². The monoisotopic (exact) mass is 766 g/mol. The first kappa shape index (κ1) is 37.8. The molecule has 0 spiro atoms. The van der Waals surface area contributed by atoms with Crippen LogP contribution in [0.15, 0.2) is 48.7 Å². The summed E-state index contributed by atoms with van der Waals surface area (Å²) in [5.41, 5.74) is 4.35. The van der Waals surface area contributed by atoms with Crippen LogP contribution in [-0.4, -0.2) is 66.9 Å². The summed E-state index contributed by atoms with van der Waals surface area (Å²) in [5.74, 6) is -0.0768. The minimum absolute atomic E-state index is 0.0228. The van der Waals surface area contributed by atoms with Crippen LogP contribution in [0.2, 0.25) is 5.02 Å². The van der Waals surface area contributed by atoms with Crippen molar-refractivity contribution in [3.05, 3.63) is 81.5 Å². The largest absolute Gasteiger partial charge is 0.481 e. The summed E-state index contributed by atoms with van der Waals surface area (Å²) in [5, 5.41) is 9.91. The van der Waals surface area contributed by atoms with Gasteiger partial charge in [-0.05, 0) is 61.4 Å². The molecular weight excluding hydrogens is 725 g/mol. The van der Waals surface area contributed by atoms with Crippen LogP contribution in [0.4, 0.5) is 13.2 Å². The molecule has 15 heteroatoms. The summed E-state index contributed by atoms with van der Waals surface area (Å²) < 4.78 is 66.0. The van der Waals surface area contributed by atoms with Crippen LogP contribution in [0, 0.1) is 0 Å². The molecule has 7 rings (SSSR count). The van der Waals surface area contributed by atoms with E-state index in [4.69, 9.17) is 35.5 Å². The van der Waals surface area contributed by atoms with Crippen LogP contribution in [0.1, 0.15) is 66.0 Å². The molecule has 1 aromatic carbocycles. The first-order chi connectivity index (χ1) is 26.1. The Morgan fingerprint density at radius 3 is 2.46 bits per heavy atom. The molecule has 1 amide bonds. The zero-order valence-corrected chi connectivity index (χ0v) is 30.8. The lowest BCUT2D eigenvalue weighted by molar-refractivity contribution is -0.139. The van der Waals surface area contributed by atoms with Crippen molar-refractivity contribution in [2.75, 3.05) is 34.0 Å². The number of methoxy groups -OCH3 is 2. The third-order valence-corrected chi connectivity index (χ3v) is 10.5. The van der Waals surface area contributed by atoms with E-state index in [1.165, 1.54) is 7.11 Å². The summed E-state index contributed by atoms with van der Waals surface area (Å²) in [6.07, 6.45) is 0.172. The van der Waals surface area contributed by atoms with Crippen LogP contribution < -0.4 is 30.2 Å². The zero-order chi connectivity index (χ0) is 37.8. The van der Waals surface area contributed by atoms with E-state index in [1.54, 1.807) is 19.4 Å². The Bertz CT molecular complexity index is 1990. The van der Waals surface area contributed by atoms with E-state index in [1.807, 2.05) is 30.3 Å². The lowest BCUT2D eigenvalue weighted by Crippen LogP contribution is -2.35. The van der Waals surface area contributed by atoms with Gasteiger partial charge in [-0.15, -0.1) is 0 Å². The molecule has 2 aliphatic heterocycles. The maximum Gasteiger partial charge on any atom is 0.421 e. The topological polar surface area (TPSA) is 129 Å². The average Bonchev–Trinajstić information content (AvgIpc) is 3.79. The number of carbonyl (C=O) groups excluding carboxylic acids is 1. The normalized spacial score (nSPS) is 18.7. The van der Waals surface area contributed by atoms with Gasteiger partial charge >= 0.3 is 6.18 Å². The zero-order valence-electron chi connectivity index (χ0n) is 30.0. The Hall–Kier alpha value is -4.50. The van der Waals surface area contributed by atoms with Gasteiger partial charge in [0.25, 0.3) is 0 Å². The second kappa shape index (κ2) is 16.5. The molecule has 11 nitrogen and oxygen atoms in total. The smallest absolute Gasteiger partial charge is 0.421 e. The SMILES string of the molecule is COc1nc(-c2ccnc(-c3cccc4c3CC[C@H]4Oc3nc(OC)c(CNC[C@@H]4CCC(=O)N4)cc3C(F)(F)F)c2Cl)ccc1CNC1CCOCC1. The van der Waals surface area contributed by atoms with Gasteiger partial charge in [-0.1, -0.05) is 35.9 Å². The lowest BCUT2D eigenvalue weighted by Gasteiger charge is -2.23. The van der Waals surface area contributed by atoms with E-state index in [0.29, 0.717) is 72.7 Å². The van der Waals surface area contributed by atoms with Crippen molar-refractivity contribution in [1.29, 1.82) is 0 Å². The van der Waals surface area contributed by atoms with E-state index >= 15 is 0 Å². The average molecular weight is 767 g/mol. The number of hydrogen-bond donors (Lipinski definition) is 3. The summed E-state index contributed by atoms with van der Waals surface area (Å²) in [4.78, 5) is 25.2. The molecule has 5 heterocycles. The highest BCUT2D eigenvalue weighted by molar-refractivity contribution is 6.35. The molecule has 0 saturated carbocycles. The molecule has 286 valence electrons. The number of fused-ring (bicyclic) bond motifs is 1. The van der Waals surface area contributed by atoms with Gasteiger partial charge in [-0.2, -0.15) is 18.2 Å². The summed E-state index contributed by atoms with van der Waals surface area (Å²) in [6, 6.07) is 12.6. The van der Waals surface area contributed by atoms with Gasteiger partial charge in [0, 0.05) is 79.8 Å². The van der Waals surface area contributed by atoms with Gasteiger partial charge in [0.05, 0.1) is 30.6 Å². The summed E-state index contributed by atoms with van der Waals surface area (Å²) in [6.45, 7) is 2.57. The summed E-state index contributed by atoms with van der Waals surface area (Å²) in [7, 11) is 2.94. The highest BCUT2D eigenvalue weighted by Crippen LogP contribution is 2.45. The van der Waals surface area contributed by atoms with Crippen molar-refractivity contribution in [1.82, 2.24) is 30.9 Å². The Morgan fingerprint density at radius 1 is 0.926 bits per heavy atom. The van der Waals surface area contributed by atoms with Crippen molar-refractivity contribution >= 4 is 17.5 Å². The number of halogens is 4.